The average molecular weight is 426 g/mol. The van der Waals surface area contributed by atoms with Crippen LogP contribution < -0.4 is 15.9 Å². The van der Waals surface area contributed by atoms with Crippen molar-refractivity contribution in [1.82, 2.24) is 0 Å². The summed E-state index contributed by atoms with van der Waals surface area (Å²) in [6.45, 7) is -0.588. The molecule has 29 heavy (non-hydrogen) atoms. The van der Waals surface area contributed by atoms with Crippen LogP contribution in [0.25, 0.3) is 0 Å². The van der Waals surface area contributed by atoms with Crippen LogP contribution in [0.4, 0.5) is 4.39 Å². The van der Waals surface area contributed by atoms with E-state index in [-0.39, 0.29) is 46.6 Å². The molecule has 0 amide bonds. The maximum absolute atomic E-state index is 14.8. The number of hydrogen-bond donors (Lipinski definition) is 2. The van der Waals surface area contributed by atoms with E-state index in [1.165, 1.54) is 19.2 Å². The van der Waals surface area contributed by atoms with Gasteiger partial charge in [0, 0.05) is 23.8 Å². The van der Waals surface area contributed by atoms with E-state index in [0.29, 0.717) is 0 Å². The van der Waals surface area contributed by atoms with Gasteiger partial charge in [0.25, 0.3) is 0 Å². The monoisotopic (exact) mass is 425 g/mol. The molecule has 2 aromatic rings. The molecule has 1 aliphatic rings. The molecular formula is C19H17ClFNO7. The van der Waals surface area contributed by atoms with Crippen molar-refractivity contribution in [2.75, 3.05) is 20.3 Å². The number of methoxy groups -OCH3 is 1. The minimum absolute atomic E-state index is 0.0325. The summed E-state index contributed by atoms with van der Waals surface area (Å²) in [5.41, 5.74) is 4.79. The van der Waals surface area contributed by atoms with E-state index in [9.17, 15) is 19.1 Å². The molecule has 1 aliphatic heterocycles. The van der Waals surface area contributed by atoms with E-state index in [2.05, 4.69) is 0 Å². The van der Waals surface area contributed by atoms with E-state index in [0.717, 1.165) is 12.1 Å². The summed E-state index contributed by atoms with van der Waals surface area (Å²) >= 11 is 6.20. The topological polar surface area (TPSA) is 121 Å². The number of benzene rings is 1. The first kappa shape index (κ1) is 20.8. The molecule has 0 radical (unpaired) electrons. The summed E-state index contributed by atoms with van der Waals surface area (Å²) in [5.74, 6) is -4.13. The minimum atomic E-state index is -1.33. The Morgan fingerprint density at radius 2 is 2.14 bits per heavy atom. The Bertz CT molecular complexity index is 1010. The lowest BCUT2D eigenvalue weighted by Gasteiger charge is -2.27. The van der Waals surface area contributed by atoms with Crippen LogP contribution >= 0.6 is 11.6 Å². The van der Waals surface area contributed by atoms with Crippen LogP contribution in [0.2, 0.25) is 5.02 Å². The molecule has 10 heteroatoms. The zero-order chi connectivity index (χ0) is 21.1. The molecule has 0 bridgehead atoms. The summed E-state index contributed by atoms with van der Waals surface area (Å²) in [6.07, 6.45) is 0. The number of hydrogen-bond acceptors (Lipinski definition) is 8. The molecule has 0 saturated carbocycles. The molecule has 8 nitrogen and oxygen atoms in total. The van der Waals surface area contributed by atoms with Crippen molar-refractivity contribution in [2.24, 2.45) is 5.73 Å². The van der Waals surface area contributed by atoms with E-state index in [4.69, 9.17) is 36.0 Å². The van der Waals surface area contributed by atoms with Crippen molar-refractivity contribution in [3.05, 3.63) is 73.9 Å². The Kier molecular flexibility index (Phi) is 6.21. The fraction of sp³-hybridized carbons (Fsp3) is 0.263. The molecule has 3 N–H and O–H groups in total. The Morgan fingerprint density at radius 1 is 1.38 bits per heavy atom. The van der Waals surface area contributed by atoms with E-state index < -0.39 is 35.6 Å². The number of esters is 1. The van der Waals surface area contributed by atoms with Gasteiger partial charge in [-0.15, -0.1) is 0 Å². The Hall–Kier alpha value is -2.88. The van der Waals surface area contributed by atoms with Crippen molar-refractivity contribution >= 4 is 17.6 Å². The van der Waals surface area contributed by atoms with Crippen molar-refractivity contribution in [3.63, 3.8) is 0 Å². The average Bonchev–Trinajstić information content (AvgIpc) is 2.68. The van der Waals surface area contributed by atoms with Gasteiger partial charge in [0.1, 0.15) is 30.4 Å². The zero-order valence-electron chi connectivity index (χ0n) is 15.2. The number of aliphatic hydroxyl groups is 1. The number of carbonyl (C=O) groups is 1. The second-order valence-electron chi connectivity index (χ2n) is 6.01. The lowest BCUT2D eigenvalue weighted by Crippen LogP contribution is -2.31. The van der Waals surface area contributed by atoms with Crippen molar-refractivity contribution in [2.45, 2.75) is 12.5 Å². The van der Waals surface area contributed by atoms with Crippen LogP contribution in [-0.2, 0) is 20.9 Å². The maximum atomic E-state index is 14.8. The largest absolute Gasteiger partial charge is 0.460 e. The number of aliphatic hydroxyl groups excluding tert-OH is 1. The SMILES string of the molecule is COCCOC(=O)C1=C(N)Oc2c(oc(CO)cc2=O)C1c1c(F)cccc1Cl. The second-order valence-corrected chi connectivity index (χ2v) is 6.41. The smallest absolute Gasteiger partial charge is 0.340 e. The molecule has 1 aromatic heterocycles. The highest BCUT2D eigenvalue weighted by molar-refractivity contribution is 6.31. The number of ether oxygens (including phenoxy) is 3. The number of halogens is 2. The van der Waals surface area contributed by atoms with Crippen LogP contribution in [-0.4, -0.2) is 31.4 Å². The molecule has 1 aromatic carbocycles. The molecular weight excluding hydrogens is 409 g/mol. The summed E-state index contributed by atoms with van der Waals surface area (Å²) in [6, 6.07) is 4.93. The third kappa shape index (κ3) is 3.98. The Labute approximate surface area is 169 Å². The lowest BCUT2D eigenvalue weighted by molar-refractivity contribution is -0.140. The molecule has 0 saturated heterocycles. The predicted molar refractivity (Wildman–Crippen MR) is 98.8 cm³/mol. The first-order valence-electron chi connectivity index (χ1n) is 8.44. The maximum Gasteiger partial charge on any atom is 0.340 e. The second kappa shape index (κ2) is 8.64. The lowest BCUT2D eigenvalue weighted by atomic mass is 9.86. The van der Waals surface area contributed by atoms with Gasteiger partial charge in [-0.3, -0.25) is 4.79 Å². The Morgan fingerprint density at radius 3 is 2.79 bits per heavy atom. The van der Waals surface area contributed by atoms with Gasteiger partial charge in [-0.2, -0.15) is 0 Å². The van der Waals surface area contributed by atoms with E-state index in [1.54, 1.807) is 0 Å². The molecule has 1 atom stereocenters. The van der Waals surface area contributed by atoms with E-state index >= 15 is 0 Å². The molecule has 0 spiro atoms. The summed E-state index contributed by atoms with van der Waals surface area (Å²) < 4.78 is 35.5. The fourth-order valence-electron chi connectivity index (χ4n) is 2.93. The summed E-state index contributed by atoms with van der Waals surface area (Å²) in [5, 5.41) is 9.35. The highest BCUT2D eigenvalue weighted by Gasteiger charge is 2.41. The Balaban J connectivity index is 2.24. The van der Waals surface area contributed by atoms with Gasteiger partial charge in [0.05, 0.1) is 12.5 Å². The highest BCUT2D eigenvalue weighted by Crippen LogP contribution is 2.44. The highest BCUT2D eigenvalue weighted by atomic mass is 35.5. The number of carbonyl (C=O) groups excluding carboxylic acids is 1. The molecule has 0 aliphatic carbocycles. The number of fused-ring (bicyclic) bond motifs is 1. The van der Waals surface area contributed by atoms with Gasteiger partial charge >= 0.3 is 5.97 Å². The third-order valence-electron chi connectivity index (χ3n) is 4.19. The quantitative estimate of drug-likeness (QED) is 0.531. The normalized spacial score (nSPS) is 15.7. The van der Waals surface area contributed by atoms with Gasteiger partial charge < -0.3 is 29.5 Å². The fourth-order valence-corrected chi connectivity index (χ4v) is 3.20. The molecule has 2 heterocycles. The first-order valence-corrected chi connectivity index (χ1v) is 8.82. The molecule has 3 rings (SSSR count). The van der Waals surface area contributed by atoms with Crippen LogP contribution in [0.3, 0.4) is 0 Å². The molecule has 1 unspecified atom stereocenters. The van der Waals surface area contributed by atoms with Crippen molar-refractivity contribution < 1.29 is 32.9 Å². The van der Waals surface area contributed by atoms with E-state index in [1.807, 2.05) is 0 Å². The standard InChI is InChI=1S/C19H17ClFNO7/c1-26-5-6-27-19(25)15-14(13-10(20)3-2-4-11(13)21)17-16(29-18(15)22)12(24)7-9(8-23)28-17/h2-4,7,14,23H,5-6,8,22H2,1H3. The van der Waals surface area contributed by atoms with Gasteiger partial charge in [-0.1, -0.05) is 17.7 Å². The van der Waals surface area contributed by atoms with Crippen molar-refractivity contribution in [3.8, 4) is 5.75 Å². The van der Waals surface area contributed by atoms with Gasteiger partial charge in [-0.05, 0) is 12.1 Å². The van der Waals surface area contributed by atoms with Crippen LogP contribution in [0.5, 0.6) is 5.75 Å². The summed E-state index contributed by atoms with van der Waals surface area (Å²) in [4.78, 5) is 25.1. The van der Waals surface area contributed by atoms with Gasteiger partial charge in [0.2, 0.25) is 17.1 Å². The third-order valence-corrected chi connectivity index (χ3v) is 4.52. The number of nitrogens with two attached hydrogens (primary N) is 1. The zero-order valence-corrected chi connectivity index (χ0v) is 16.0. The van der Waals surface area contributed by atoms with Crippen molar-refractivity contribution in [1.29, 1.82) is 0 Å². The molecule has 0 fully saturated rings. The predicted octanol–water partition coefficient (Wildman–Crippen LogP) is 1.81. The summed E-state index contributed by atoms with van der Waals surface area (Å²) in [7, 11) is 1.43. The van der Waals surface area contributed by atoms with Gasteiger partial charge in [-0.25, -0.2) is 9.18 Å². The first-order chi connectivity index (χ1) is 13.9. The van der Waals surface area contributed by atoms with Crippen LogP contribution in [0.1, 0.15) is 23.0 Å². The van der Waals surface area contributed by atoms with Crippen LogP contribution in [0.15, 0.2) is 44.9 Å². The van der Waals surface area contributed by atoms with Crippen LogP contribution in [0, 0.1) is 5.82 Å². The van der Waals surface area contributed by atoms with Gasteiger partial charge in [0.15, 0.2) is 5.76 Å². The molecule has 154 valence electrons. The minimum Gasteiger partial charge on any atom is -0.460 e. The number of rotatable bonds is 6.